The number of phenols is 1. The van der Waals surface area contributed by atoms with Crippen molar-refractivity contribution in [3.8, 4) is 11.5 Å². The summed E-state index contributed by atoms with van der Waals surface area (Å²) in [4.78, 5) is 2.62. The topological polar surface area (TPSA) is 57.9 Å². The van der Waals surface area contributed by atoms with Gasteiger partial charge in [0.2, 0.25) is 0 Å². The highest BCUT2D eigenvalue weighted by molar-refractivity contribution is 5.88. The molecule has 42 heavy (non-hydrogen) atoms. The minimum Gasteiger partial charge on any atom is -0.504 e. The fourth-order valence-electron chi connectivity index (χ4n) is 9.39. The van der Waals surface area contributed by atoms with E-state index in [9.17, 15) is 10.2 Å². The molecule has 216 valence electrons. The number of rotatable bonds is 5. The van der Waals surface area contributed by atoms with Gasteiger partial charge in [0.1, 0.15) is 0 Å². The van der Waals surface area contributed by atoms with Crippen LogP contribution in [0, 0.1) is 12.8 Å². The zero-order valence-electron chi connectivity index (χ0n) is 24.9. The second-order valence-corrected chi connectivity index (χ2v) is 14.3. The van der Waals surface area contributed by atoms with Crippen LogP contribution in [0.15, 0.2) is 54.6 Å². The van der Waals surface area contributed by atoms with Gasteiger partial charge in [-0.05, 0) is 91.4 Å². The van der Waals surface area contributed by atoms with Crippen molar-refractivity contribution in [2.75, 3.05) is 13.1 Å². The molecule has 4 atom stereocenters. The summed E-state index contributed by atoms with van der Waals surface area (Å²) in [5, 5.41) is 25.7. The number of benzene rings is 3. The van der Waals surface area contributed by atoms with Gasteiger partial charge in [-0.3, -0.25) is 4.90 Å². The van der Waals surface area contributed by atoms with Gasteiger partial charge in [-0.1, -0.05) is 55.8 Å². The van der Waals surface area contributed by atoms with Crippen molar-refractivity contribution in [2.24, 2.45) is 5.92 Å². The second-order valence-electron chi connectivity index (χ2n) is 14.3. The van der Waals surface area contributed by atoms with Crippen LogP contribution < -0.4 is 4.74 Å². The molecule has 3 aliphatic carbocycles. The summed E-state index contributed by atoms with van der Waals surface area (Å²) in [6.07, 6.45) is 4.52. The van der Waals surface area contributed by atoms with Crippen LogP contribution in [-0.4, -0.2) is 44.4 Å². The lowest BCUT2D eigenvalue weighted by atomic mass is 9.49. The highest BCUT2D eigenvalue weighted by atomic mass is 16.5. The molecule has 5 nitrogen and oxygen atoms in total. The maximum atomic E-state index is 13.3. The first-order valence-electron chi connectivity index (χ1n) is 16.0. The van der Waals surface area contributed by atoms with E-state index < -0.39 is 11.0 Å². The highest BCUT2D eigenvalue weighted by Crippen LogP contribution is 2.69. The third-order valence-corrected chi connectivity index (χ3v) is 11.5. The quantitative estimate of drug-likeness (QED) is 0.292. The minimum absolute atomic E-state index is 0.0394. The van der Waals surface area contributed by atoms with Gasteiger partial charge in [0, 0.05) is 42.0 Å². The number of aromatic nitrogens is 1. The van der Waals surface area contributed by atoms with E-state index in [0.29, 0.717) is 18.1 Å². The maximum Gasteiger partial charge on any atom is 0.166 e. The molecule has 1 aromatic heterocycles. The number of hydrogen-bond donors (Lipinski definition) is 2. The molecule has 2 fully saturated rings. The van der Waals surface area contributed by atoms with Crippen molar-refractivity contribution in [3.05, 3.63) is 93.7 Å². The lowest BCUT2D eigenvalue weighted by Crippen LogP contribution is -2.74. The number of hydrogen-bond acceptors (Lipinski definition) is 4. The number of phenolic OH excluding ortho intramolecular Hbond substituents is 1. The van der Waals surface area contributed by atoms with Crippen molar-refractivity contribution >= 4 is 10.9 Å². The van der Waals surface area contributed by atoms with Crippen LogP contribution >= 0.6 is 0 Å². The smallest absolute Gasteiger partial charge is 0.166 e. The Kier molecular flexibility index (Phi) is 5.06. The molecule has 3 aromatic carbocycles. The molecule has 2 aliphatic heterocycles. The third-order valence-electron chi connectivity index (χ3n) is 11.5. The van der Waals surface area contributed by atoms with Crippen molar-refractivity contribution in [1.82, 2.24) is 9.47 Å². The van der Waals surface area contributed by atoms with Crippen molar-refractivity contribution in [1.29, 1.82) is 0 Å². The Morgan fingerprint density at radius 3 is 2.71 bits per heavy atom. The fourth-order valence-corrected chi connectivity index (χ4v) is 9.39. The molecule has 5 aliphatic rings. The Balaban J connectivity index is 1.32. The summed E-state index contributed by atoms with van der Waals surface area (Å²) in [7, 11) is 0. The molecule has 1 saturated heterocycles. The molecule has 0 radical (unpaired) electrons. The van der Waals surface area contributed by atoms with Crippen LogP contribution in [0.2, 0.25) is 0 Å². The molecule has 0 amide bonds. The van der Waals surface area contributed by atoms with E-state index in [1.807, 2.05) is 6.07 Å². The number of nitrogens with zero attached hydrogens (tertiary/aromatic N) is 2. The monoisotopic (exact) mass is 560 g/mol. The van der Waals surface area contributed by atoms with Gasteiger partial charge in [0.05, 0.1) is 16.7 Å². The highest BCUT2D eigenvalue weighted by Gasteiger charge is 2.73. The summed E-state index contributed by atoms with van der Waals surface area (Å²) < 4.78 is 9.47. The Bertz CT molecular complexity index is 1780. The summed E-state index contributed by atoms with van der Waals surface area (Å²) in [6.45, 7) is 9.44. The van der Waals surface area contributed by atoms with Crippen molar-refractivity contribution in [2.45, 2.75) is 88.5 Å². The van der Waals surface area contributed by atoms with E-state index in [0.717, 1.165) is 44.0 Å². The molecule has 5 heteroatoms. The van der Waals surface area contributed by atoms with E-state index in [1.54, 1.807) is 0 Å². The molecule has 9 rings (SSSR count). The van der Waals surface area contributed by atoms with Crippen molar-refractivity contribution < 1.29 is 14.9 Å². The molecule has 2 N–H and O–H groups in total. The zero-order chi connectivity index (χ0) is 28.5. The van der Waals surface area contributed by atoms with Gasteiger partial charge in [0.25, 0.3) is 0 Å². The molecule has 1 saturated carbocycles. The Morgan fingerprint density at radius 1 is 1.07 bits per heavy atom. The molecule has 3 heterocycles. The van der Waals surface area contributed by atoms with E-state index in [-0.39, 0.29) is 17.9 Å². The lowest BCUT2D eigenvalue weighted by molar-refractivity contribution is -0.173. The second kappa shape index (κ2) is 8.42. The van der Waals surface area contributed by atoms with Crippen molar-refractivity contribution in [3.63, 3.8) is 0 Å². The van der Waals surface area contributed by atoms with Gasteiger partial charge in [0.15, 0.2) is 17.6 Å². The standard InChI is InChI=1S/C37H40N2O3/c1-21(2)25-9-11-29-27(16-25)28-18-37(41)31-17-26-10-12-30(40)34-32(26)36(37,13-14-38(31)19-23-7-8-23)35(42-34)33(28)39(29)20-24-6-4-5-22(3)15-24/h4-6,9-12,15-16,21,23,31,35,40-41H,7-8,13-14,17-20H2,1-3H3/t31-,35-,36-,37+/m0/s1. The van der Waals surface area contributed by atoms with E-state index in [4.69, 9.17) is 4.74 Å². The van der Waals surface area contributed by atoms with E-state index in [2.05, 4.69) is 78.8 Å². The third kappa shape index (κ3) is 3.16. The lowest BCUT2D eigenvalue weighted by Gasteiger charge is -2.63. The Hall–Kier alpha value is -3.28. The average molecular weight is 561 g/mol. The minimum atomic E-state index is -0.972. The first-order chi connectivity index (χ1) is 20.3. The number of aliphatic hydroxyl groups is 1. The normalized spacial score (nSPS) is 29.1. The predicted molar refractivity (Wildman–Crippen MR) is 165 cm³/mol. The molecule has 2 bridgehead atoms. The SMILES string of the molecule is Cc1cccc(Cn2c3c(c4cc(C(C)C)ccc42)C[C@@]2(O)[C@@H]4Cc5ccc(O)c6c5[C@@]2(CCN4CC2CC2)[C@H]3O6)c1. The van der Waals surface area contributed by atoms with Gasteiger partial charge in [-0.25, -0.2) is 0 Å². The maximum absolute atomic E-state index is 13.3. The summed E-state index contributed by atoms with van der Waals surface area (Å²) in [5.41, 5.74) is 8.24. The number of aromatic hydroxyl groups is 1. The van der Waals surface area contributed by atoms with Gasteiger partial charge in [-0.15, -0.1) is 0 Å². The average Bonchev–Trinajstić information content (AvgIpc) is 3.64. The summed E-state index contributed by atoms with van der Waals surface area (Å²) in [6, 6.07) is 19.7. The molecule has 0 unspecified atom stereocenters. The first-order valence-corrected chi connectivity index (χ1v) is 16.0. The van der Waals surface area contributed by atoms with E-state index >= 15 is 0 Å². The number of piperidine rings is 1. The van der Waals surface area contributed by atoms with Crippen LogP contribution in [0.25, 0.3) is 10.9 Å². The van der Waals surface area contributed by atoms with Gasteiger partial charge >= 0.3 is 0 Å². The largest absolute Gasteiger partial charge is 0.504 e. The van der Waals surface area contributed by atoms with Crippen LogP contribution in [0.4, 0.5) is 0 Å². The molecular weight excluding hydrogens is 520 g/mol. The number of fused-ring (bicyclic) bond motifs is 4. The number of aryl methyl sites for hydroxylation is 1. The number of likely N-dealkylation sites (tertiary alicyclic amines) is 1. The first kappa shape index (κ1) is 25.2. The van der Waals surface area contributed by atoms with Crippen LogP contribution in [0.5, 0.6) is 11.5 Å². The van der Waals surface area contributed by atoms with Gasteiger partial charge in [-0.2, -0.15) is 0 Å². The van der Waals surface area contributed by atoms with Crippen LogP contribution in [0.3, 0.4) is 0 Å². The van der Waals surface area contributed by atoms with Crippen LogP contribution in [0.1, 0.15) is 84.2 Å². The Morgan fingerprint density at radius 2 is 1.93 bits per heavy atom. The molecular formula is C37H40N2O3. The summed E-state index contributed by atoms with van der Waals surface area (Å²) in [5.74, 6) is 1.98. The Labute approximate surface area is 247 Å². The fraction of sp³-hybridized carbons (Fsp3) is 0.459. The molecule has 4 aromatic rings. The molecule has 1 spiro atoms. The van der Waals surface area contributed by atoms with Gasteiger partial charge < -0.3 is 19.5 Å². The summed E-state index contributed by atoms with van der Waals surface area (Å²) >= 11 is 0. The van der Waals surface area contributed by atoms with E-state index in [1.165, 1.54) is 57.3 Å². The van der Waals surface area contributed by atoms with Crippen LogP contribution in [-0.2, 0) is 24.8 Å². The zero-order valence-corrected chi connectivity index (χ0v) is 24.9. The number of ether oxygens (including phenoxy) is 1. The predicted octanol–water partition coefficient (Wildman–Crippen LogP) is 6.53.